The number of hydrogen-bond donors (Lipinski definition) is 2. The Balaban J connectivity index is 1.88. The van der Waals surface area contributed by atoms with Crippen LogP contribution in [0.2, 0.25) is 0 Å². The maximum absolute atomic E-state index is 12.2. The molecule has 1 aromatic carbocycles. The molecule has 3 rings (SSSR count). The number of nitrogens with zero attached hydrogens (tertiary/aromatic N) is 1. The van der Waals surface area contributed by atoms with Crippen LogP contribution in [0.3, 0.4) is 0 Å². The zero-order valence-corrected chi connectivity index (χ0v) is 12.6. The highest BCUT2D eigenvalue weighted by Crippen LogP contribution is 2.38. The molecule has 0 fully saturated rings. The highest BCUT2D eigenvalue weighted by molar-refractivity contribution is 9.10. The number of fused-ring (bicyclic) bond motifs is 1. The lowest BCUT2D eigenvalue weighted by Gasteiger charge is -2.01. The Morgan fingerprint density at radius 3 is 3.00 bits per heavy atom. The summed E-state index contributed by atoms with van der Waals surface area (Å²) in [5.41, 5.74) is 7.24. The number of rotatable bonds is 3. The molecule has 0 aliphatic rings. The maximum Gasteiger partial charge on any atom is 0.263 e. The molecule has 0 saturated heterocycles. The van der Waals surface area contributed by atoms with Crippen molar-refractivity contribution >= 4 is 48.9 Å². The van der Waals surface area contributed by atoms with E-state index >= 15 is 0 Å². The molecule has 0 aliphatic carbocycles. The molecule has 20 heavy (non-hydrogen) atoms. The van der Waals surface area contributed by atoms with E-state index in [2.05, 4.69) is 26.4 Å². The van der Waals surface area contributed by atoms with Crippen molar-refractivity contribution < 1.29 is 9.32 Å². The average Bonchev–Trinajstić information content (AvgIpc) is 3.05. The zero-order chi connectivity index (χ0) is 14.1. The molecule has 3 N–H and O–H groups in total. The first-order valence-electron chi connectivity index (χ1n) is 5.81. The number of thiophene rings is 1. The molecule has 0 radical (unpaired) electrons. The molecule has 3 aromatic rings. The number of nitrogens with two attached hydrogens (primary N) is 1. The van der Waals surface area contributed by atoms with Crippen LogP contribution in [0.25, 0.3) is 10.1 Å². The molecule has 1 amide bonds. The number of benzene rings is 1. The summed E-state index contributed by atoms with van der Waals surface area (Å²) in [5, 5.41) is 7.39. The molecule has 0 saturated carbocycles. The normalized spacial score (nSPS) is 10.8. The molecule has 7 heteroatoms. The third-order valence-electron chi connectivity index (χ3n) is 2.83. The lowest BCUT2D eigenvalue weighted by molar-refractivity contribution is 0.0955. The van der Waals surface area contributed by atoms with Crippen LogP contribution in [0.1, 0.15) is 15.4 Å². The number of halogens is 1. The van der Waals surface area contributed by atoms with E-state index in [0.717, 1.165) is 14.6 Å². The Morgan fingerprint density at radius 2 is 2.30 bits per heavy atom. The fourth-order valence-electron chi connectivity index (χ4n) is 1.88. The van der Waals surface area contributed by atoms with E-state index < -0.39 is 0 Å². The topological polar surface area (TPSA) is 81.2 Å². The number of nitrogen functional groups attached to an aromatic ring is 1. The molecular weight excluding hydrogens is 342 g/mol. The number of hydrogen-bond acceptors (Lipinski definition) is 5. The Morgan fingerprint density at radius 1 is 1.45 bits per heavy atom. The van der Waals surface area contributed by atoms with Gasteiger partial charge in [-0.05, 0) is 12.1 Å². The van der Waals surface area contributed by atoms with Crippen LogP contribution in [0.4, 0.5) is 5.69 Å². The van der Waals surface area contributed by atoms with Crippen molar-refractivity contribution in [2.75, 3.05) is 5.73 Å². The van der Waals surface area contributed by atoms with Crippen LogP contribution in [-0.2, 0) is 6.54 Å². The van der Waals surface area contributed by atoms with Crippen molar-refractivity contribution in [2.24, 2.45) is 0 Å². The predicted molar refractivity (Wildman–Crippen MR) is 81.6 cm³/mol. The minimum absolute atomic E-state index is 0.210. The SMILES string of the molecule is Nc1c(C(=O)NCc2ccon2)sc2cccc(Br)c12. The van der Waals surface area contributed by atoms with E-state index in [9.17, 15) is 4.79 Å². The van der Waals surface area contributed by atoms with Gasteiger partial charge in [-0.25, -0.2) is 0 Å². The van der Waals surface area contributed by atoms with Crippen LogP contribution >= 0.6 is 27.3 Å². The van der Waals surface area contributed by atoms with Gasteiger partial charge < -0.3 is 15.6 Å². The summed E-state index contributed by atoms with van der Waals surface area (Å²) in [5.74, 6) is -0.210. The Bertz CT molecular complexity index is 767. The van der Waals surface area contributed by atoms with E-state index in [4.69, 9.17) is 10.3 Å². The Labute approximate surface area is 126 Å². The Kier molecular flexibility index (Phi) is 3.45. The molecule has 102 valence electrons. The van der Waals surface area contributed by atoms with Crippen LogP contribution in [0, 0.1) is 0 Å². The van der Waals surface area contributed by atoms with Crippen molar-refractivity contribution in [1.82, 2.24) is 10.5 Å². The maximum atomic E-state index is 12.2. The first-order valence-corrected chi connectivity index (χ1v) is 7.41. The van der Waals surface area contributed by atoms with E-state index in [-0.39, 0.29) is 5.91 Å². The highest BCUT2D eigenvalue weighted by atomic mass is 79.9. The van der Waals surface area contributed by atoms with Gasteiger partial charge in [0, 0.05) is 20.6 Å². The number of carbonyl (C=O) groups excluding carboxylic acids is 1. The van der Waals surface area contributed by atoms with Crippen LogP contribution in [0.15, 0.2) is 39.5 Å². The lowest BCUT2D eigenvalue weighted by Crippen LogP contribution is -2.22. The number of anilines is 1. The number of aromatic nitrogens is 1. The van der Waals surface area contributed by atoms with Crippen molar-refractivity contribution in [3.05, 3.63) is 45.6 Å². The van der Waals surface area contributed by atoms with Crippen LogP contribution in [0.5, 0.6) is 0 Å². The number of carbonyl (C=O) groups is 1. The largest absolute Gasteiger partial charge is 0.397 e. The number of amides is 1. The minimum Gasteiger partial charge on any atom is -0.397 e. The molecule has 2 heterocycles. The van der Waals surface area contributed by atoms with Crippen LogP contribution < -0.4 is 11.1 Å². The average molecular weight is 352 g/mol. The molecule has 2 aromatic heterocycles. The van der Waals surface area contributed by atoms with Gasteiger partial charge in [-0.1, -0.05) is 27.2 Å². The first-order chi connectivity index (χ1) is 9.66. The van der Waals surface area contributed by atoms with Gasteiger partial charge in [0.2, 0.25) is 0 Å². The van der Waals surface area contributed by atoms with Gasteiger partial charge >= 0.3 is 0 Å². The van der Waals surface area contributed by atoms with Gasteiger partial charge in [0.1, 0.15) is 16.8 Å². The summed E-state index contributed by atoms with van der Waals surface area (Å²) in [4.78, 5) is 12.7. The standard InChI is InChI=1S/C13H10BrN3O2S/c14-8-2-1-3-9-10(8)11(15)12(20-9)13(18)16-6-7-4-5-19-17-7/h1-5H,6,15H2,(H,16,18). The summed E-state index contributed by atoms with van der Waals surface area (Å²) >= 11 is 4.83. The number of nitrogens with one attached hydrogen (secondary N) is 1. The summed E-state index contributed by atoms with van der Waals surface area (Å²) in [6.45, 7) is 0.310. The van der Waals surface area contributed by atoms with E-state index in [0.29, 0.717) is 22.8 Å². The van der Waals surface area contributed by atoms with Crippen molar-refractivity contribution in [2.45, 2.75) is 6.54 Å². The van der Waals surface area contributed by atoms with Gasteiger partial charge in [0.15, 0.2) is 0 Å². The fraction of sp³-hybridized carbons (Fsp3) is 0.0769. The molecular formula is C13H10BrN3O2S. The van der Waals surface area contributed by atoms with Crippen molar-refractivity contribution in [1.29, 1.82) is 0 Å². The summed E-state index contributed by atoms with van der Waals surface area (Å²) in [7, 11) is 0. The quantitative estimate of drug-likeness (QED) is 0.759. The molecule has 0 aliphatic heterocycles. The third-order valence-corrected chi connectivity index (χ3v) is 4.66. The minimum atomic E-state index is -0.210. The molecule has 5 nitrogen and oxygen atoms in total. The Hall–Kier alpha value is -1.86. The second-order valence-electron chi connectivity index (χ2n) is 4.13. The summed E-state index contributed by atoms with van der Waals surface area (Å²) in [6.07, 6.45) is 1.46. The highest BCUT2D eigenvalue weighted by Gasteiger charge is 2.17. The van der Waals surface area contributed by atoms with Gasteiger partial charge in [0.25, 0.3) is 5.91 Å². The van der Waals surface area contributed by atoms with Crippen molar-refractivity contribution in [3.63, 3.8) is 0 Å². The molecule has 0 atom stereocenters. The summed E-state index contributed by atoms with van der Waals surface area (Å²) in [6, 6.07) is 7.46. The van der Waals surface area contributed by atoms with Gasteiger partial charge in [-0.15, -0.1) is 11.3 Å². The monoisotopic (exact) mass is 351 g/mol. The second-order valence-corrected chi connectivity index (χ2v) is 6.04. The third kappa shape index (κ3) is 2.30. The molecule has 0 spiro atoms. The van der Waals surface area contributed by atoms with E-state index in [1.807, 2.05) is 18.2 Å². The van der Waals surface area contributed by atoms with E-state index in [1.54, 1.807) is 6.07 Å². The first kappa shape index (κ1) is 13.1. The van der Waals surface area contributed by atoms with Crippen molar-refractivity contribution in [3.8, 4) is 0 Å². The predicted octanol–water partition coefficient (Wildman–Crippen LogP) is 3.16. The van der Waals surface area contributed by atoms with Crippen LogP contribution in [-0.4, -0.2) is 11.1 Å². The fourth-order valence-corrected chi connectivity index (χ4v) is 3.65. The molecule has 0 bridgehead atoms. The van der Waals surface area contributed by atoms with Gasteiger partial charge in [-0.2, -0.15) is 0 Å². The molecule has 0 unspecified atom stereocenters. The van der Waals surface area contributed by atoms with E-state index in [1.165, 1.54) is 17.6 Å². The second kappa shape index (κ2) is 5.26. The van der Waals surface area contributed by atoms with Gasteiger partial charge in [0.05, 0.1) is 12.2 Å². The zero-order valence-electron chi connectivity index (χ0n) is 10.2. The van der Waals surface area contributed by atoms with Gasteiger partial charge in [-0.3, -0.25) is 4.79 Å². The summed E-state index contributed by atoms with van der Waals surface area (Å²) < 4.78 is 6.57. The smallest absolute Gasteiger partial charge is 0.263 e. The lowest BCUT2D eigenvalue weighted by atomic mass is 10.2.